The van der Waals surface area contributed by atoms with Crippen molar-refractivity contribution in [2.24, 2.45) is 0 Å². The van der Waals surface area contributed by atoms with Crippen molar-refractivity contribution < 1.29 is 9.53 Å². The van der Waals surface area contributed by atoms with Gasteiger partial charge >= 0.3 is 0 Å². The van der Waals surface area contributed by atoms with E-state index in [4.69, 9.17) is 16.3 Å². The maximum absolute atomic E-state index is 11.7. The van der Waals surface area contributed by atoms with E-state index in [9.17, 15) is 4.79 Å². The standard InChI is InChI=1S/C13H17BrClNO2/c1-18-9-11(14)5-6-16-13(17)8-10-3-2-4-12(15)7-10/h2-4,7,11H,5-6,8-9H2,1H3,(H,16,17). The molecule has 1 N–H and O–H groups in total. The van der Waals surface area contributed by atoms with E-state index in [1.54, 1.807) is 19.2 Å². The molecule has 0 aromatic heterocycles. The summed E-state index contributed by atoms with van der Waals surface area (Å²) in [5.41, 5.74) is 0.923. The number of alkyl halides is 1. The van der Waals surface area contributed by atoms with Crippen LogP contribution in [0.25, 0.3) is 0 Å². The number of carbonyl (C=O) groups is 1. The van der Waals surface area contributed by atoms with Crippen molar-refractivity contribution in [1.29, 1.82) is 0 Å². The lowest BCUT2D eigenvalue weighted by molar-refractivity contribution is -0.120. The summed E-state index contributed by atoms with van der Waals surface area (Å²) in [5, 5.41) is 3.53. The third-order valence-electron chi connectivity index (χ3n) is 2.38. The highest BCUT2D eigenvalue weighted by atomic mass is 79.9. The van der Waals surface area contributed by atoms with E-state index >= 15 is 0 Å². The number of benzene rings is 1. The summed E-state index contributed by atoms with van der Waals surface area (Å²) in [4.78, 5) is 11.9. The fraction of sp³-hybridized carbons (Fsp3) is 0.462. The van der Waals surface area contributed by atoms with Crippen molar-refractivity contribution in [1.82, 2.24) is 5.32 Å². The van der Waals surface area contributed by atoms with Crippen molar-refractivity contribution in [3.05, 3.63) is 34.9 Å². The zero-order valence-electron chi connectivity index (χ0n) is 10.3. The molecule has 0 bridgehead atoms. The van der Waals surface area contributed by atoms with Crippen LogP contribution in [-0.4, -0.2) is 31.0 Å². The molecule has 0 radical (unpaired) electrons. The monoisotopic (exact) mass is 333 g/mol. The van der Waals surface area contributed by atoms with Crippen LogP contribution in [0.2, 0.25) is 5.02 Å². The molecule has 0 aliphatic rings. The maximum atomic E-state index is 11.7. The first-order valence-electron chi connectivity index (χ1n) is 5.76. The van der Waals surface area contributed by atoms with Gasteiger partial charge in [0.25, 0.3) is 0 Å². The van der Waals surface area contributed by atoms with Gasteiger partial charge in [-0.2, -0.15) is 0 Å². The van der Waals surface area contributed by atoms with Gasteiger partial charge in [-0.05, 0) is 24.1 Å². The largest absolute Gasteiger partial charge is 0.384 e. The minimum atomic E-state index is 0.00869. The molecule has 0 aliphatic carbocycles. The average Bonchev–Trinajstić information content (AvgIpc) is 2.29. The van der Waals surface area contributed by atoms with Crippen molar-refractivity contribution in [2.75, 3.05) is 20.3 Å². The highest BCUT2D eigenvalue weighted by Crippen LogP contribution is 2.11. The van der Waals surface area contributed by atoms with Gasteiger partial charge in [0, 0.05) is 23.5 Å². The number of methoxy groups -OCH3 is 1. The van der Waals surface area contributed by atoms with Crippen LogP contribution in [0, 0.1) is 0 Å². The van der Waals surface area contributed by atoms with E-state index in [1.165, 1.54) is 0 Å². The van der Waals surface area contributed by atoms with Gasteiger partial charge in [0.15, 0.2) is 0 Å². The molecule has 5 heteroatoms. The van der Waals surface area contributed by atoms with E-state index < -0.39 is 0 Å². The topological polar surface area (TPSA) is 38.3 Å². The molecular weight excluding hydrogens is 318 g/mol. The first-order chi connectivity index (χ1) is 8.61. The molecule has 0 saturated heterocycles. The zero-order chi connectivity index (χ0) is 13.4. The van der Waals surface area contributed by atoms with Crippen LogP contribution in [0.15, 0.2) is 24.3 Å². The predicted molar refractivity (Wildman–Crippen MR) is 77.4 cm³/mol. The first-order valence-corrected chi connectivity index (χ1v) is 7.05. The van der Waals surface area contributed by atoms with E-state index in [2.05, 4.69) is 21.2 Å². The van der Waals surface area contributed by atoms with E-state index in [1.807, 2.05) is 12.1 Å². The second kappa shape index (κ2) is 8.51. The van der Waals surface area contributed by atoms with Crippen molar-refractivity contribution in [3.63, 3.8) is 0 Å². The van der Waals surface area contributed by atoms with Gasteiger partial charge in [0.05, 0.1) is 13.0 Å². The lowest BCUT2D eigenvalue weighted by atomic mass is 10.1. The lowest BCUT2D eigenvalue weighted by Gasteiger charge is -2.09. The summed E-state index contributed by atoms with van der Waals surface area (Å²) in [6, 6.07) is 7.34. The van der Waals surface area contributed by atoms with Crippen LogP contribution in [0.3, 0.4) is 0 Å². The molecule has 0 heterocycles. The Morgan fingerprint density at radius 1 is 1.56 bits per heavy atom. The number of halogens is 2. The molecule has 1 atom stereocenters. The van der Waals surface area contributed by atoms with E-state index in [0.717, 1.165) is 12.0 Å². The maximum Gasteiger partial charge on any atom is 0.224 e. The number of hydrogen-bond donors (Lipinski definition) is 1. The third kappa shape index (κ3) is 6.38. The molecule has 1 aromatic rings. The van der Waals surface area contributed by atoms with Crippen LogP contribution in [0.4, 0.5) is 0 Å². The predicted octanol–water partition coefficient (Wildman–Crippen LogP) is 2.80. The van der Waals surface area contributed by atoms with Gasteiger partial charge in [-0.3, -0.25) is 4.79 Å². The number of ether oxygens (including phenoxy) is 1. The SMILES string of the molecule is COCC(Br)CCNC(=O)Cc1cccc(Cl)c1. The molecule has 100 valence electrons. The fourth-order valence-corrected chi connectivity index (χ4v) is 2.23. The molecule has 0 fully saturated rings. The Morgan fingerprint density at radius 3 is 3.00 bits per heavy atom. The summed E-state index contributed by atoms with van der Waals surface area (Å²) in [6.45, 7) is 1.28. The van der Waals surface area contributed by atoms with Crippen molar-refractivity contribution >= 4 is 33.4 Å². The lowest BCUT2D eigenvalue weighted by Crippen LogP contribution is -2.28. The Kier molecular flexibility index (Phi) is 7.32. The molecule has 0 aliphatic heterocycles. The Morgan fingerprint density at radius 2 is 2.33 bits per heavy atom. The average molecular weight is 335 g/mol. The molecule has 1 amide bonds. The second-order valence-corrected chi connectivity index (χ2v) is 5.73. The van der Waals surface area contributed by atoms with Crippen LogP contribution >= 0.6 is 27.5 Å². The molecule has 0 saturated carbocycles. The summed E-state index contributed by atoms with van der Waals surface area (Å²) in [7, 11) is 1.66. The van der Waals surface area contributed by atoms with Crippen LogP contribution in [0.5, 0.6) is 0 Å². The van der Waals surface area contributed by atoms with Crippen molar-refractivity contribution in [2.45, 2.75) is 17.7 Å². The Labute approximate surface area is 121 Å². The Hall–Kier alpha value is -0.580. The van der Waals surface area contributed by atoms with Gasteiger partial charge in [0.1, 0.15) is 0 Å². The molecule has 1 unspecified atom stereocenters. The number of amides is 1. The molecule has 0 spiro atoms. The van der Waals surface area contributed by atoms with Crippen molar-refractivity contribution in [3.8, 4) is 0 Å². The molecule has 1 rings (SSSR count). The number of rotatable bonds is 7. The van der Waals surface area contributed by atoms with Crippen LogP contribution in [0.1, 0.15) is 12.0 Å². The van der Waals surface area contributed by atoms with Gasteiger partial charge in [-0.15, -0.1) is 0 Å². The van der Waals surface area contributed by atoms with E-state index in [-0.39, 0.29) is 10.7 Å². The summed E-state index contributed by atoms with van der Waals surface area (Å²) in [5.74, 6) is 0.00869. The highest BCUT2D eigenvalue weighted by Gasteiger charge is 2.06. The molecule has 18 heavy (non-hydrogen) atoms. The van der Waals surface area contributed by atoms with Gasteiger partial charge < -0.3 is 10.1 Å². The number of hydrogen-bond acceptors (Lipinski definition) is 2. The molecule has 3 nitrogen and oxygen atoms in total. The number of nitrogens with one attached hydrogen (secondary N) is 1. The normalized spacial score (nSPS) is 12.2. The van der Waals surface area contributed by atoms with Gasteiger partial charge in [-0.1, -0.05) is 39.7 Å². The van der Waals surface area contributed by atoms with Gasteiger partial charge in [0.2, 0.25) is 5.91 Å². The molecular formula is C13H17BrClNO2. The summed E-state index contributed by atoms with van der Waals surface area (Å²) < 4.78 is 5.00. The number of carbonyl (C=O) groups excluding carboxylic acids is 1. The summed E-state index contributed by atoms with van der Waals surface area (Å²) in [6.07, 6.45) is 1.20. The first kappa shape index (κ1) is 15.5. The molecule has 1 aromatic carbocycles. The quantitative estimate of drug-likeness (QED) is 0.779. The van der Waals surface area contributed by atoms with Crippen LogP contribution in [-0.2, 0) is 16.0 Å². The highest BCUT2D eigenvalue weighted by molar-refractivity contribution is 9.09. The minimum Gasteiger partial charge on any atom is -0.384 e. The van der Waals surface area contributed by atoms with E-state index in [0.29, 0.717) is 24.6 Å². The summed E-state index contributed by atoms with van der Waals surface area (Å²) >= 11 is 9.33. The van der Waals surface area contributed by atoms with Crippen LogP contribution < -0.4 is 5.32 Å². The second-order valence-electron chi connectivity index (χ2n) is 4.00. The smallest absolute Gasteiger partial charge is 0.224 e. The Balaban J connectivity index is 2.25. The minimum absolute atomic E-state index is 0.00869. The zero-order valence-corrected chi connectivity index (χ0v) is 12.6. The van der Waals surface area contributed by atoms with Gasteiger partial charge in [-0.25, -0.2) is 0 Å². The Bertz CT molecular complexity index is 387. The third-order valence-corrected chi connectivity index (χ3v) is 3.34. The fourth-order valence-electron chi connectivity index (χ4n) is 1.53.